The van der Waals surface area contributed by atoms with Crippen LogP contribution < -0.4 is 19.7 Å². The second kappa shape index (κ2) is 5.83. The maximum atomic E-state index is 12.4. The maximum Gasteiger partial charge on any atom is 0.322 e. The highest BCUT2D eigenvalue weighted by molar-refractivity contribution is 5.94. The fourth-order valence-corrected chi connectivity index (χ4v) is 3.02. The first-order valence-electron chi connectivity index (χ1n) is 7.83. The molecule has 2 amide bonds. The first-order valence-corrected chi connectivity index (χ1v) is 7.83. The molecule has 2 heterocycles. The number of carbonyl (C=O) groups is 1. The lowest BCUT2D eigenvalue weighted by Gasteiger charge is -2.20. The first kappa shape index (κ1) is 13.9. The molecule has 0 unspecified atom stereocenters. The fraction of sp³-hybridized carbons (Fsp3) is 0.278. The van der Waals surface area contributed by atoms with E-state index < -0.39 is 0 Å². The van der Waals surface area contributed by atoms with Crippen molar-refractivity contribution in [3.63, 3.8) is 0 Å². The SMILES string of the molecule is O=C(NCc1ccc2c(c1)OCCO2)N1CCc2ccccc21. The molecule has 0 fully saturated rings. The van der Waals surface area contributed by atoms with Crippen LogP contribution in [0.5, 0.6) is 11.5 Å². The Balaban J connectivity index is 1.42. The van der Waals surface area contributed by atoms with Crippen LogP contribution in [0.1, 0.15) is 11.1 Å². The molecule has 0 atom stereocenters. The normalized spacial score (nSPS) is 15.2. The topological polar surface area (TPSA) is 50.8 Å². The van der Waals surface area contributed by atoms with Crippen LogP contribution in [0.25, 0.3) is 0 Å². The van der Waals surface area contributed by atoms with Crippen molar-refractivity contribution in [1.29, 1.82) is 0 Å². The van der Waals surface area contributed by atoms with Crippen LogP contribution in [0.4, 0.5) is 10.5 Å². The highest BCUT2D eigenvalue weighted by Gasteiger charge is 2.23. The van der Waals surface area contributed by atoms with Gasteiger partial charge in [0.15, 0.2) is 11.5 Å². The molecule has 2 aliphatic rings. The molecule has 4 rings (SSSR count). The smallest absolute Gasteiger partial charge is 0.322 e. The van der Waals surface area contributed by atoms with Crippen molar-refractivity contribution in [2.24, 2.45) is 0 Å². The van der Waals surface area contributed by atoms with E-state index in [4.69, 9.17) is 9.47 Å². The minimum Gasteiger partial charge on any atom is -0.486 e. The summed E-state index contributed by atoms with van der Waals surface area (Å²) in [5, 5.41) is 2.98. The van der Waals surface area contributed by atoms with Crippen LogP contribution in [-0.2, 0) is 13.0 Å². The van der Waals surface area contributed by atoms with Gasteiger partial charge in [0, 0.05) is 18.8 Å². The van der Waals surface area contributed by atoms with E-state index in [2.05, 4.69) is 11.4 Å². The van der Waals surface area contributed by atoms with Crippen LogP contribution >= 0.6 is 0 Å². The molecule has 5 heteroatoms. The fourth-order valence-electron chi connectivity index (χ4n) is 3.02. The number of nitrogens with zero attached hydrogens (tertiary/aromatic N) is 1. The molecule has 5 nitrogen and oxygen atoms in total. The molecule has 23 heavy (non-hydrogen) atoms. The largest absolute Gasteiger partial charge is 0.486 e. The number of anilines is 1. The maximum absolute atomic E-state index is 12.4. The van der Waals surface area contributed by atoms with E-state index >= 15 is 0 Å². The summed E-state index contributed by atoms with van der Waals surface area (Å²) in [7, 11) is 0. The molecule has 0 bridgehead atoms. The average molecular weight is 310 g/mol. The minimum absolute atomic E-state index is 0.0650. The van der Waals surface area contributed by atoms with Gasteiger partial charge in [-0.15, -0.1) is 0 Å². The van der Waals surface area contributed by atoms with Crippen molar-refractivity contribution < 1.29 is 14.3 Å². The van der Waals surface area contributed by atoms with Gasteiger partial charge in [0.1, 0.15) is 13.2 Å². The molecule has 0 saturated heterocycles. The van der Waals surface area contributed by atoms with Gasteiger partial charge in [-0.2, -0.15) is 0 Å². The van der Waals surface area contributed by atoms with Crippen LogP contribution in [0.15, 0.2) is 42.5 Å². The van der Waals surface area contributed by atoms with Gasteiger partial charge in [-0.3, -0.25) is 4.90 Å². The van der Waals surface area contributed by atoms with E-state index in [0.717, 1.165) is 35.7 Å². The summed E-state index contributed by atoms with van der Waals surface area (Å²) in [5.74, 6) is 1.51. The Morgan fingerprint density at radius 1 is 1.09 bits per heavy atom. The Kier molecular flexibility index (Phi) is 3.54. The van der Waals surface area contributed by atoms with Crippen molar-refractivity contribution in [3.05, 3.63) is 53.6 Å². The molecule has 0 saturated carbocycles. The van der Waals surface area contributed by atoms with Crippen molar-refractivity contribution in [2.45, 2.75) is 13.0 Å². The minimum atomic E-state index is -0.0650. The van der Waals surface area contributed by atoms with Crippen LogP contribution in [-0.4, -0.2) is 25.8 Å². The molecule has 118 valence electrons. The zero-order chi connectivity index (χ0) is 15.6. The Labute approximate surface area is 134 Å². The third-order valence-corrected chi connectivity index (χ3v) is 4.18. The van der Waals surface area contributed by atoms with Crippen LogP contribution in [0.3, 0.4) is 0 Å². The molecule has 1 N–H and O–H groups in total. The van der Waals surface area contributed by atoms with Gasteiger partial charge in [-0.1, -0.05) is 24.3 Å². The number of nitrogens with one attached hydrogen (secondary N) is 1. The van der Waals surface area contributed by atoms with Gasteiger partial charge in [-0.25, -0.2) is 4.79 Å². The molecule has 0 aromatic heterocycles. The third kappa shape index (κ3) is 2.70. The highest BCUT2D eigenvalue weighted by Crippen LogP contribution is 2.31. The van der Waals surface area contributed by atoms with E-state index in [-0.39, 0.29) is 6.03 Å². The lowest BCUT2D eigenvalue weighted by molar-refractivity contribution is 0.171. The average Bonchev–Trinajstić information content (AvgIpc) is 3.03. The molecule has 2 aliphatic heterocycles. The van der Waals surface area contributed by atoms with Gasteiger partial charge in [0.05, 0.1) is 0 Å². The van der Waals surface area contributed by atoms with Crippen molar-refractivity contribution in [1.82, 2.24) is 5.32 Å². The number of carbonyl (C=O) groups excluding carboxylic acids is 1. The van der Waals surface area contributed by atoms with Gasteiger partial charge in [0.25, 0.3) is 0 Å². The molecule has 0 aliphatic carbocycles. The molecular formula is C18H18N2O3. The summed E-state index contributed by atoms with van der Waals surface area (Å²) in [4.78, 5) is 14.2. The van der Waals surface area contributed by atoms with Gasteiger partial charge in [0.2, 0.25) is 0 Å². The van der Waals surface area contributed by atoms with Crippen LogP contribution in [0.2, 0.25) is 0 Å². The van der Waals surface area contributed by atoms with Crippen molar-refractivity contribution >= 4 is 11.7 Å². The predicted octanol–water partition coefficient (Wildman–Crippen LogP) is 2.73. The number of hydrogen-bond acceptors (Lipinski definition) is 3. The van der Waals surface area contributed by atoms with E-state index in [1.165, 1.54) is 5.56 Å². The van der Waals surface area contributed by atoms with E-state index in [1.807, 2.05) is 36.4 Å². The number of ether oxygens (including phenoxy) is 2. The summed E-state index contributed by atoms with van der Waals surface area (Å²) in [5.41, 5.74) is 3.23. The number of para-hydroxylation sites is 1. The van der Waals surface area contributed by atoms with E-state index in [1.54, 1.807) is 4.90 Å². The second-order valence-corrected chi connectivity index (χ2v) is 5.67. The van der Waals surface area contributed by atoms with Gasteiger partial charge in [-0.05, 0) is 35.7 Å². The third-order valence-electron chi connectivity index (χ3n) is 4.18. The number of benzene rings is 2. The Bertz CT molecular complexity index is 745. The number of urea groups is 1. The lowest BCUT2D eigenvalue weighted by atomic mass is 10.2. The number of amides is 2. The number of hydrogen-bond donors (Lipinski definition) is 1. The molecule has 2 aromatic carbocycles. The zero-order valence-electron chi connectivity index (χ0n) is 12.7. The number of rotatable bonds is 2. The molecular weight excluding hydrogens is 292 g/mol. The summed E-state index contributed by atoms with van der Waals surface area (Å²) >= 11 is 0. The second-order valence-electron chi connectivity index (χ2n) is 5.67. The van der Waals surface area contributed by atoms with Crippen LogP contribution in [0, 0.1) is 0 Å². The summed E-state index contributed by atoms with van der Waals surface area (Å²) < 4.78 is 11.1. The molecule has 2 aromatic rings. The highest BCUT2D eigenvalue weighted by atomic mass is 16.6. The standard InChI is InChI=1S/C18H18N2O3/c21-18(20-8-7-14-3-1-2-4-15(14)20)19-12-13-5-6-16-17(11-13)23-10-9-22-16/h1-6,11H,7-10,12H2,(H,19,21). The summed E-state index contributed by atoms with van der Waals surface area (Å²) in [6.45, 7) is 2.34. The Morgan fingerprint density at radius 3 is 2.83 bits per heavy atom. The Hall–Kier alpha value is -2.69. The monoisotopic (exact) mass is 310 g/mol. The van der Waals surface area contributed by atoms with Crippen molar-refractivity contribution in [2.75, 3.05) is 24.7 Å². The van der Waals surface area contributed by atoms with Crippen molar-refractivity contribution in [3.8, 4) is 11.5 Å². The first-order chi connectivity index (χ1) is 11.3. The predicted molar refractivity (Wildman–Crippen MR) is 87.2 cm³/mol. The molecule has 0 spiro atoms. The lowest BCUT2D eigenvalue weighted by Crippen LogP contribution is -2.38. The molecule has 0 radical (unpaired) electrons. The quantitative estimate of drug-likeness (QED) is 0.928. The van der Waals surface area contributed by atoms with Gasteiger partial charge >= 0.3 is 6.03 Å². The summed E-state index contributed by atoms with van der Waals surface area (Å²) in [6, 6.07) is 13.7. The van der Waals surface area contributed by atoms with E-state index in [9.17, 15) is 4.79 Å². The van der Waals surface area contributed by atoms with E-state index in [0.29, 0.717) is 19.8 Å². The van der Waals surface area contributed by atoms with Gasteiger partial charge < -0.3 is 14.8 Å². The Morgan fingerprint density at radius 2 is 1.91 bits per heavy atom. The zero-order valence-corrected chi connectivity index (χ0v) is 12.7. The summed E-state index contributed by atoms with van der Waals surface area (Å²) in [6.07, 6.45) is 0.910. The number of fused-ring (bicyclic) bond motifs is 2.